The predicted molar refractivity (Wildman–Crippen MR) is 190 cm³/mol. The Morgan fingerprint density at radius 3 is 2.28 bits per heavy atom. The monoisotopic (exact) mass is 637 g/mol. The van der Waals surface area contributed by atoms with Gasteiger partial charge in [0, 0.05) is 22.0 Å². The van der Waals surface area contributed by atoms with Crippen LogP contribution in [-0.4, -0.2) is 22.1 Å². The van der Waals surface area contributed by atoms with Crippen LogP contribution in [-0.2, 0) is 9.53 Å². The Hall–Kier alpha value is -5.27. The molecule has 7 rings (SSSR count). The van der Waals surface area contributed by atoms with E-state index in [1.807, 2.05) is 72.8 Å². The van der Waals surface area contributed by atoms with Gasteiger partial charge in [-0.1, -0.05) is 128 Å². The van der Waals surface area contributed by atoms with Crippen molar-refractivity contribution in [2.45, 2.75) is 39.7 Å². The van der Waals surface area contributed by atoms with Crippen LogP contribution < -0.4 is 14.9 Å². The average molecular weight is 638 g/mol. The van der Waals surface area contributed by atoms with E-state index >= 15 is 0 Å². The van der Waals surface area contributed by atoms with Crippen LogP contribution >= 0.6 is 11.3 Å². The quantitative estimate of drug-likeness (QED) is 0.184. The summed E-state index contributed by atoms with van der Waals surface area (Å²) in [4.78, 5) is 37.6. The second kappa shape index (κ2) is 12.5. The number of esters is 1. The number of aryl methyl sites for hydroxylation is 1. The molecule has 0 fully saturated rings. The summed E-state index contributed by atoms with van der Waals surface area (Å²) in [5.41, 5.74) is 8.50. The van der Waals surface area contributed by atoms with Crippen LogP contribution in [0.5, 0.6) is 0 Å². The lowest BCUT2D eigenvalue weighted by atomic mass is 9.91. The van der Waals surface area contributed by atoms with Crippen molar-refractivity contribution in [3.8, 4) is 11.3 Å². The highest BCUT2D eigenvalue weighted by molar-refractivity contribution is 7.07. The van der Waals surface area contributed by atoms with Crippen LogP contribution in [0.25, 0.3) is 33.9 Å². The molecule has 1 aliphatic heterocycles. The minimum atomic E-state index is -0.720. The second-order valence-electron chi connectivity index (χ2n) is 12.0. The first kappa shape index (κ1) is 30.4. The number of benzene rings is 4. The van der Waals surface area contributed by atoms with Crippen molar-refractivity contribution < 1.29 is 9.53 Å². The molecule has 234 valence electrons. The van der Waals surface area contributed by atoms with Gasteiger partial charge in [-0.05, 0) is 48.1 Å². The Morgan fingerprint density at radius 2 is 1.62 bits per heavy atom. The topological polar surface area (TPSA) is 76.4 Å². The first-order chi connectivity index (χ1) is 22.9. The van der Waals surface area contributed by atoms with E-state index in [0.717, 1.165) is 44.4 Å². The Bertz CT molecular complexity index is 2330. The highest BCUT2D eigenvalue weighted by Gasteiger charge is 2.35. The first-order valence-corrected chi connectivity index (χ1v) is 16.7. The number of fused-ring (bicyclic) bond motifs is 2. The SMILES string of the molecule is CCOC(=O)C1=C(c2ccccc2)N=c2s/c(=C\c3c(-c4ccccc4)[nH]c4c(C)cccc34)c(=O)n2[C@H]1c1ccc(C(C)C)cc1. The van der Waals surface area contributed by atoms with Crippen LogP contribution in [0, 0.1) is 6.92 Å². The van der Waals surface area contributed by atoms with E-state index in [9.17, 15) is 9.59 Å². The van der Waals surface area contributed by atoms with Gasteiger partial charge in [-0.3, -0.25) is 9.36 Å². The molecule has 0 amide bonds. The van der Waals surface area contributed by atoms with Crippen LogP contribution in [0.3, 0.4) is 0 Å². The molecule has 7 heteroatoms. The number of carbonyl (C=O) groups is 1. The Labute approximate surface area is 277 Å². The zero-order valence-corrected chi connectivity index (χ0v) is 27.6. The summed E-state index contributed by atoms with van der Waals surface area (Å²) in [6.07, 6.45) is 1.97. The Kier molecular flexibility index (Phi) is 8.08. The number of H-pyrrole nitrogens is 1. The number of hydrogen-bond donors (Lipinski definition) is 1. The molecule has 0 saturated heterocycles. The molecule has 0 saturated carbocycles. The number of rotatable bonds is 7. The fourth-order valence-corrected chi connectivity index (χ4v) is 7.30. The number of para-hydroxylation sites is 1. The standard InChI is InChI=1S/C40H35N3O3S/c1-5-46-39(45)33-36(28-16-10-7-11-17-28)42-40-43(37(33)29-21-19-26(20-22-29)24(2)3)38(44)32(47-40)23-31-30-18-12-13-25(4)34(30)41-35(31)27-14-8-6-9-15-27/h6-24,37,41H,5H2,1-4H3/b32-23-/t37-/m0/s1. The maximum absolute atomic E-state index is 14.6. The van der Waals surface area contributed by atoms with Crippen LogP contribution in [0.2, 0.25) is 0 Å². The lowest BCUT2D eigenvalue weighted by Gasteiger charge is -2.26. The number of carbonyl (C=O) groups excluding carboxylic acids is 1. The Morgan fingerprint density at radius 1 is 0.936 bits per heavy atom. The van der Waals surface area contributed by atoms with Gasteiger partial charge in [0.1, 0.15) is 0 Å². The summed E-state index contributed by atoms with van der Waals surface area (Å²) >= 11 is 1.34. The fraction of sp³-hybridized carbons (Fsp3) is 0.175. The van der Waals surface area contributed by atoms with Gasteiger partial charge in [-0.15, -0.1) is 0 Å². The van der Waals surface area contributed by atoms with Crippen molar-refractivity contribution in [1.82, 2.24) is 9.55 Å². The van der Waals surface area contributed by atoms with Gasteiger partial charge in [0.15, 0.2) is 4.80 Å². The first-order valence-electron chi connectivity index (χ1n) is 15.9. The molecule has 47 heavy (non-hydrogen) atoms. The molecule has 2 aromatic heterocycles. The fourth-order valence-electron chi connectivity index (χ4n) is 6.32. The third-order valence-electron chi connectivity index (χ3n) is 8.71. The summed E-state index contributed by atoms with van der Waals surface area (Å²) in [6, 6.07) is 33.5. The molecule has 1 aliphatic rings. The van der Waals surface area contributed by atoms with Gasteiger partial charge >= 0.3 is 5.97 Å². The minimum Gasteiger partial charge on any atom is -0.463 e. The summed E-state index contributed by atoms with van der Waals surface area (Å²) in [6.45, 7) is 8.36. The lowest BCUT2D eigenvalue weighted by molar-refractivity contribution is -0.138. The van der Waals surface area contributed by atoms with Gasteiger partial charge < -0.3 is 9.72 Å². The van der Waals surface area contributed by atoms with Gasteiger partial charge in [-0.25, -0.2) is 9.79 Å². The van der Waals surface area contributed by atoms with Crippen molar-refractivity contribution in [3.05, 3.63) is 156 Å². The highest BCUT2D eigenvalue weighted by Crippen LogP contribution is 2.36. The predicted octanol–water partition coefficient (Wildman–Crippen LogP) is 7.52. The molecule has 0 unspecified atom stereocenters. The van der Waals surface area contributed by atoms with E-state index in [1.54, 1.807) is 11.5 Å². The molecular weight excluding hydrogens is 603 g/mol. The molecule has 6 aromatic rings. The number of aromatic amines is 1. The van der Waals surface area contributed by atoms with Crippen molar-refractivity contribution in [2.75, 3.05) is 6.61 Å². The largest absolute Gasteiger partial charge is 0.463 e. The average Bonchev–Trinajstić information content (AvgIpc) is 3.62. The number of thiazole rings is 1. The molecule has 1 atom stereocenters. The van der Waals surface area contributed by atoms with E-state index < -0.39 is 12.0 Å². The number of aromatic nitrogens is 2. The maximum atomic E-state index is 14.6. The van der Waals surface area contributed by atoms with E-state index in [0.29, 0.717) is 26.5 Å². The van der Waals surface area contributed by atoms with Crippen molar-refractivity contribution in [1.29, 1.82) is 0 Å². The second-order valence-corrected chi connectivity index (χ2v) is 13.0. The van der Waals surface area contributed by atoms with Gasteiger partial charge in [-0.2, -0.15) is 0 Å². The number of ether oxygens (including phenoxy) is 1. The van der Waals surface area contributed by atoms with Crippen LogP contribution in [0.1, 0.15) is 60.5 Å². The minimum absolute atomic E-state index is 0.204. The van der Waals surface area contributed by atoms with Crippen molar-refractivity contribution >= 4 is 40.0 Å². The molecule has 4 aromatic carbocycles. The van der Waals surface area contributed by atoms with Gasteiger partial charge in [0.2, 0.25) is 0 Å². The summed E-state index contributed by atoms with van der Waals surface area (Å²) in [5, 5.41) is 1.03. The third kappa shape index (κ3) is 5.47. The zero-order valence-electron chi connectivity index (χ0n) is 26.8. The van der Waals surface area contributed by atoms with Gasteiger partial charge in [0.05, 0.1) is 34.1 Å². The molecular formula is C40H35N3O3S. The normalized spacial score (nSPS) is 14.8. The molecule has 6 nitrogen and oxygen atoms in total. The number of nitrogens with zero attached hydrogens (tertiary/aromatic N) is 2. The number of nitrogens with one attached hydrogen (secondary N) is 1. The molecule has 0 bridgehead atoms. The van der Waals surface area contributed by atoms with Crippen molar-refractivity contribution in [3.63, 3.8) is 0 Å². The van der Waals surface area contributed by atoms with E-state index in [2.05, 4.69) is 62.2 Å². The lowest BCUT2D eigenvalue weighted by Crippen LogP contribution is -2.40. The van der Waals surface area contributed by atoms with Crippen LogP contribution in [0.15, 0.2) is 118 Å². The van der Waals surface area contributed by atoms with Crippen LogP contribution in [0.4, 0.5) is 0 Å². The highest BCUT2D eigenvalue weighted by atomic mass is 32.1. The summed E-state index contributed by atoms with van der Waals surface area (Å²) < 4.78 is 7.84. The van der Waals surface area contributed by atoms with Crippen molar-refractivity contribution in [2.24, 2.45) is 4.99 Å². The maximum Gasteiger partial charge on any atom is 0.338 e. The third-order valence-corrected chi connectivity index (χ3v) is 9.70. The molecule has 0 spiro atoms. The molecule has 3 heterocycles. The number of hydrogen-bond acceptors (Lipinski definition) is 5. The smallest absolute Gasteiger partial charge is 0.338 e. The molecule has 0 aliphatic carbocycles. The summed E-state index contributed by atoms with van der Waals surface area (Å²) in [5.74, 6) is -0.148. The molecule has 0 radical (unpaired) electrons. The zero-order chi connectivity index (χ0) is 32.7. The van der Waals surface area contributed by atoms with E-state index in [4.69, 9.17) is 9.73 Å². The summed E-state index contributed by atoms with van der Waals surface area (Å²) in [7, 11) is 0. The van der Waals surface area contributed by atoms with E-state index in [-0.39, 0.29) is 12.2 Å². The Balaban J connectivity index is 1.53. The van der Waals surface area contributed by atoms with Gasteiger partial charge in [0.25, 0.3) is 5.56 Å². The van der Waals surface area contributed by atoms with E-state index in [1.165, 1.54) is 16.9 Å². The molecule has 1 N–H and O–H groups in total.